The predicted octanol–water partition coefficient (Wildman–Crippen LogP) is 2.23. The van der Waals surface area contributed by atoms with Crippen LogP contribution in [0.1, 0.15) is 32.1 Å². The lowest BCUT2D eigenvalue weighted by Gasteiger charge is -2.27. The summed E-state index contributed by atoms with van der Waals surface area (Å²) in [5, 5.41) is 10.7. The number of rotatable bonds is 4. The molecule has 1 aromatic rings. The first-order chi connectivity index (χ1) is 11.0. The van der Waals surface area contributed by atoms with E-state index in [4.69, 9.17) is 0 Å². The molecule has 1 saturated heterocycles. The highest BCUT2D eigenvalue weighted by Crippen LogP contribution is 2.47. The van der Waals surface area contributed by atoms with E-state index in [-0.39, 0.29) is 23.9 Å². The molecule has 0 N–H and O–H groups in total. The molecule has 120 valence electrons. The van der Waals surface area contributed by atoms with Crippen LogP contribution in [-0.4, -0.2) is 23.0 Å². The maximum Gasteiger partial charge on any atom is 0.269 e. The van der Waals surface area contributed by atoms with Gasteiger partial charge >= 0.3 is 0 Å². The average Bonchev–Trinajstić information content (AvgIpc) is 3.13. The Bertz CT molecular complexity index is 676. The number of hydrogen-bond acceptors (Lipinski definition) is 5. The molecule has 1 heterocycles. The van der Waals surface area contributed by atoms with Gasteiger partial charge in [0.25, 0.3) is 5.69 Å². The zero-order chi connectivity index (χ0) is 16.6. The summed E-state index contributed by atoms with van der Waals surface area (Å²) < 4.78 is 0. The standard InChI is InChI=1S/C16H16N2O5/c19-10-16(7-1-2-8-16)13-9-14(20)17(15(13)21)11-3-5-12(6-4-11)18(22)23/h3-6,10,13H,1-2,7-9H2/t13-/m1/s1. The lowest BCUT2D eigenvalue weighted by molar-refractivity contribution is -0.384. The molecule has 2 fully saturated rings. The number of amides is 2. The Hall–Kier alpha value is -2.57. The van der Waals surface area contributed by atoms with E-state index >= 15 is 0 Å². The average molecular weight is 316 g/mol. The maximum absolute atomic E-state index is 12.7. The van der Waals surface area contributed by atoms with Gasteiger partial charge in [0.05, 0.1) is 16.5 Å². The first-order valence-corrected chi connectivity index (χ1v) is 7.56. The second kappa shape index (κ2) is 5.57. The summed E-state index contributed by atoms with van der Waals surface area (Å²) in [6.07, 6.45) is 3.90. The Morgan fingerprint density at radius 3 is 2.30 bits per heavy atom. The molecule has 0 unspecified atom stereocenters. The summed E-state index contributed by atoms with van der Waals surface area (Å²) in [6.45, 7) is 0. The second-order valence-corrected chi connectivity index (χ2v) is 6.16. The van der Waals surface area contributed by atoms with Crippen molar-refractivity contribution in [2.24, 2.45) is 11.3 Å². The SMILES string of the molecule is O=CC1([C@@H]2CC(=O)N(c3ccc([N+](=O)[O-])cc3)C2=O)CCCC1. The van der Waals surface area contributed by atoms with Gasteiger partial charge in [0.2, 0.25) is 11.8 Å². The molecule has 0 spiro atoms. The molecular weight excluding hydrogens is 300 g/mol. The molecule has 1 saturated carbocycles. The van der Waals surface area contributed by atoms with E-state index in [1.165, 1.54) is 24.3 Å². The van der Waals surface area contributed by atoms with Crippen LogP contribution >= 0.6 is 0 Å². The summed E-state index contributed by atoms with van der Waals surface area (Å²) >= 11 is 0. The van der Waals surface area contributed by atoms with Crippen molar-refractivity contribution < 1.29 is 19.3 Å². The van der Waals surface area contributed by atoms with E-state index in [9.17, 15) is 24.5 Å². The summed E-state index contributed by atoms with van der Waals surface area (Å²) in [7, 11) is 0. The number of nitrogens with zero attached hydrogens (tertiary/aromatic N) is 2. The number of benzene rings is 1. The number of imide groups is 1. The van der Waals surface area contributed by atoms with E-state index in [0.717, 1.165) is 24.0 Å². The maximum atomic E-state index is 12.7. The van der Waals surface area contributed by atoms with Crippen molar-refractivity contribution in [3.8, 4) is 0 Å². The lowest BCUT2D eigenvalue weighted by atomic mass is 9.74. The molecule has 23 heavy (non-hydrogen) atoms. The highest BCUT2D eigenvalue weighted by atomic mass is 16.6. The highest BCUT2D eigenvalue weighted by Gasteiger charge is 2.52. The molecule has 1 aliphatic carbocycles. The number of aldehydes is 1. The van der Waals surface area contributed by atoms with Crippen molar-refractivity contribution in [3.05, 3.63) is 34.4 Å². The zero-order valence-corrected chi connectivity index (χ0v) is 12.4. The van der Waals surface area contributed by atoms with Crippen LogP contribution in [0.25, 0.3) is 0 Å². The molecule has 1 aromatic carbocycles. The van der Waals surface area contributed by atoms with Gasteiger partial charge in [-0.05, 0) is 25.0 Å². The van der Waals surface area contributed by atoms with Crippen LogP contribution in [0.2, 0.25) is 0 Å². The minimum Gasteiger partial charge on any atom is -0.303 e. The van der Waals surface area contributed by atoms with Crippen LogP contribution in [-0.2, 0) is 14.4 Å². The number of carbonyl (C=O) groups is 3. The molecule has 2 amide bonds. The summed E-state index contributed by atoms with van der Waals surface area (Å²) in [5.41, 5.74) is -0.529. The Balaban J connectivity index is 1.89. The van der Waals surface area contributed by atoms with Crippen LogP contribution in [0.4, 0.5) is 11.4 Å². The van der Waals surface area contributed by atoms with Crippen molar-refractivity contribution in [2.75, 3.05) is 4.90 Å². The number of nitro groups is 1. The van der Waals surface area contributed by atoms with E-state index in [2.05, 4.69) is 0 Å². The van der Waals surface area contributed by atoms with Gasteiger partial charge in [-0.15, -0.1) is 0 Å². The molecule has 2 aliphatic rings. The topological polar surface area (TPSA) is 97.6 Å². The van der Waals surface area contributed by atoms with Crippen molar-refractivity contribution in [2.45, 2.75) is 32.1 Å². The number of hydrogen-bond donors (Lipinski definition) is 0. The van der Waals surface area contributed by atoms with Crippen LogP contribution in [0.5, 0.6) is 0 Å². The third kappa shape index (κ3) is 2.42. The van der Waals surface area contributed by atoms with Crippen molar-refractivity contribution in [1.29, 1.82) is 0 Å². The zero-order valence-electron chi connectivity index (χ0n) is 12.4. The summed E-state index contributed by atoms with van der Waals surface area (Å²) in [6, 6.07) is 5.29. The Labute approximate surface area is 132 Å². The van der Waals surface area contributed by atoms with E-state index in [0.29, 0.717) is 18.5 Å². The Morgan fingerprint density at radius 1 is 1.17 bits per heavy atom. The molecule has 0 aromatic heterocycles. The molecular formula is C16H16N2O5. The minimum atomic E-state index is -0.734. The molecule has 1 atom stereocenters. The normalized spacial score (nSPS) is 23.3. The largest absolute Gasteiger partial charge is 0.303 e. The van der Waals surface area contributed by atoms with Crippen molar-refractivity contribution in [1.82, 2.24) is 0 Å². The quantitative estimate of drug-likeness (QED) is 0.367. The first-order valence-electron chi connectivity index (χ1n) is 7.56. The number of anilines is 1. The summed E-state index contributed by atoms with van der Waals surface area (Å²) in [4.78, 5) is 47.8. The van der Waals surface area contributed by atoms with Crippen LogP contribution in [0.15, 0.2) is 24.3 Å². The van der Waals surface area contributed by atoms with E-state index in [1.807, 2.05) is 0 Å². The Kier molecular flexibility index (Phi) is 3.71. The number of non-ortho nitro benzene ring substituents is 1. The summed E-state index contributed by atoms with van der Waals surface area (Å²) in [5.74, 6) is -1.36. The van der Waals surface area contributed by atoms with Crippen molar-refractivity contribution >= 4 is 29.5 Å². The molecule has 3 rings (SSSR count). The fourth-order valence-electron chi connectivity index (χ4n) is 3.66. The van der Waals surface area contributed by atoms with Crippen LogP contribution < -0.4 is 4.90 Å². The minimum absolute atomic E-state index is 0.0224. The predicted molar refractivity (Wildman–Crippen MR) is 80.7 cm³/mol. The fraction of sp³-hybridized carbons (Fsp3) is 0.438. The molecule has 7 heteroatoms. The van der Waals surface area contributed by atoms with Gasteiger partial charge in [-0.1, -0.05) is 12.8 Å². The smallest absolute Gasteiger partial charge is 0.269 e. The fourth-order valence-corrected chi connectivity index (χ4v) is 3.66. The third-order valence-electron chi connectivity index (χ3n) is 4.93. The van der Waals surface area contributed by atoms with Gasteiger partial charge in [-0.3, -0.25) is 24.6 Å². The van der Waals surface area contributed by atoms with Gasteiger partial charge < -0.3 is 4.79 Å². The first kappa shape index (κ1) is 15.3. The van der Waals surface area contributed by atoms with Crippen LogP contribution in [0, 0.1) is 21.4 Å². The Morgan fingerprint density at radius 2 is 1.78 bits per heavy atom. The van der Waals surface area contributed by atoms with Gasteiger partial charge in [0.15, 0.2) is 0 Å². The highest BCUT2D eigenvalue weighted by molar-refractivity contribution is 6.21. The van der Waals surface area contributed by atoms with E-state index < -0.39 is 16.3 Å². The van der Waals surface area contributed by atoms with Gasteiger partial charge in [-0.2, -0.15) is 0 Å². The third-order valence-corrected chi connectivity index (χ3v) is 4.93. The molecule has 0 radical (unpaired) electrons. The molecule has 0 bridgehead atoms. The van der Waals surface area contributed by atoms with Crippen LogP contribution in [0.3, 0.4) is 0 Å². The lowest BCUT2D eigenvalue weighted by Crippen LogP contribution is -2.37. The van der Waals surface area contributed by atoms with Crippen molar-refractivity contribution in [3.63, 3.8) is 0 Å². The number of carbonyl (C=O) groups excluding carboxylic acids is 3. The monoisotopic (exact) mass is 316 g/mol. The van der Waals surface area contributed by atoms with Gasteiger partial charge in [-0.25, -0.2) is 0 Å². The van der Waals surface area contributed by atoms with Gasteiger partial charge in [0.1, 0.15) is 6.29 Å². The molecule has 7 nitrogen and oxygen atoms in total. The number of nitro benzene ring substituents is 1. The second-order valence-electron chi connectivity index (χ2n) is 6.16. The van der Waals surface area contributed by atoms with E-state index in [1.54, 1.807) is 0 Å². The van der Waals surface area contributed by atoms with Gasteiger partial charge in [0, 0.05) is 24.0 Å². The molecule has 1 aliphatic heterocycles.